The zero-order chi connectivity index (χ0) is 18.3. The summed E-state index contributed by atoms with van der Waals surface area (Å²) in [4.78, 5) is 15.7. The minimum absolute atomic E-state index is 0.286. The van der Waals surface area contributed by atoms with E-state index < -0.39 is 0 Å². The van der Waals surface area contributed by atoms with Crippen LogP contribution in [-0.2, 0) is 0 Å². The number of aromatic amines is 2. The van der Waals surface area contributed by atoms with Gasteiger partial charge in [0, 0.05) is 23.2 Å². The summed E-state index contributed by atoms with van der Waals surface area (Å²) in [5, 5.41) is 7.93. The Morgan fingerprint density at radius 3 is 2.62 bits per heavy atom. The molecule has 0 fully saturated rings. The van der Waals surface area contributed by atoms with E-state index in [2.05, 4.69) is 29.0 Å². The van der Waals surface area contributed by atoms with Crippen molar-refractivity contribution < 1.29 is 4.74 Å². The lowest BCUT2D eigenvalue weighted by atomic mass is 10.0. The van der Waals surface area contributed by atoms with Gasteiger partial charge in [0.15, 0.2) is 5.82 Å². The van der Waals surface area contributed by atoms with Crippen LogP contribution in [0.3, 0.4) is 0 Å². The number of nitrogens with zero attached hydrogens (tertiary/aromatic N) is 2. The summed E-state index contributed by atoms with van der Waals surface area (Å²) in [6.45, 7) is 4.31. The first-order valence-corrected chi connectivity index (χ1v) is 8.52. The van der Waals surface area contributed by atoms with Gasteiger partial charge in [-0.3, -0.25) is 0 Å². The lowest BCUT2D eigenvalue weighted by molar-refractivity contribution is 0.416. The van der Waals surface area contributed by atoms with Gasteiger partial charge >= 0.3 is 5.69 Å². The normalized spacial score (nSPS) is 11.4. The number of nitrogens with one attached hydrogen (secondary N) is 2. The number of hydrogen-bond donors (Lipinski definition) is 2. The molecular weight excluding hydrogens is 328 g/mol. The molecule has 6 nitrogen and oxygen atoms in total. The standard InChI is InChI=1S/C20H20N4O2/c1-12(2)16-11-21-17-10-18(26-3)15(9-14(16)17)19-22-23-20(25)24(19)13-7-5-4-6-8-13/h4-12,21H,1-3H3,(H,23,25). The molecule has 0 amide bonds. The monoisotopic (exact) mass is 348 g/mol. The Morgan fingerprint density at radius 2 is 1.92 bits per heavy atom. The minimum Gasteiger partial charge on any atom is -0.496 e. The molecule has 132 valence electrons. The van der Waals surface area contributed by atoms with Crippen LogP contribution >= 0.6 is 0 Å². The Hall–Kier alpha value is -3.28. The van der Waals surface area contributed by atoms with Gasteiger partial charge in [-0.2, -0.15) is 5.10 Å². The van der Waals surface area contributed by atoms with E-state index in [1.165, 1.54) is 5.56 Å². The first-order valence-electron chi connectivity index (χ1n) is 8.52. The summed E-state index contributed by atoms with van der Waals surface area (Å²) in [6.07, 6.45) is 2.02. The molecule has 0 saturated carbocycles. The SMILES string of the molecule is COc1cc2[nH]cc(C(C)C)c2cc1-c1n[nH]c(=O)n1-c1ccccc1. The molecule has 0 aliphatic rings. The Bertz CT molecular complexity index is 1120. The third-order valence-corrected chi connectivity index (χ3v) is 4.58. The van der Waals surface area contributed by atoms with Crippen LogP contribution in [-0.4, -0.2) is 26.9 Å². The van der Waals surface area contributed by atoms with E-state index in [-0.39, 0.29) is 5.69 Å². The van der Waals surface area contributed by atoms with Crippen LogP contribution in [0, 0.1) is 0 Å². The zero-order valence-corrected chi connectivity index (χ0v) is 14.9. The van der Waals surface area contributed by atoms with E-state index >= 15 is 0 Å². The van der Waals surface area contributed by atoms with Gasteiger partial charge < -0.3 is 9.72 Å². The summed E-state index contributed by atoms with van der Waals surface area (Å²) in [5.74, 6) is 1.56. The first kappa shape index (κ1) is 16.2. The van der Waals surface area contributed by atoms with Crippen molar-refractivity contribution in [3.05, 3.63) is 64.7 Å². The smallest absolute Gasteiger partial charge is 0.348 e. The maximum atomic E-state index is 12.4. The summed E-state index contributed by atoms with van der Waals surface area (Å²) in [7, 11) is 1.62. The molecule has 2 aromatic heterocycles. The third kappa shape index (κ3) is 2.50. The molecule has 6 heteroatoms. The molecule has 4 aromatic rings. The number of hydrogen-bond acceptors (Lipinski definition) is 3. The molecule has 0 unspecified atom stereocenters. The first-order chi connectivity index (χ1) is 12.6. The lowest BCUT2D eigenvalue weighted by Crippen LogP contribution is -2.15. The van der Waals surface area contributed by atoms with Gasteiger partial charge in [0.2, 0.25) is 0 Å². The van der Waals surface area contributed by atoms with Gasteiger partial charge in [0.25, 0.3) is 0 Å². The van der Waals surface area contributed by atoms with E-state index in [0.29, 0.717) is 17.5 Å². The van der Waals surface area contributed by atoms with Gasteiger partial charge in [0.1, 0.15) is 5.75 Å². The van der Waals surface area contributed by atoms with Crippen molar-refractivity contribution in [2.24, 2.45) is 0 Å². The maximum absolute atomic E-state index is 12.4. The summed E-state index contributed by atoms with van der Waals surface area (Å²) < 4.78 is 7.15. The van der Waals surface area contributed by atoms with Crippen molar-refractivity contribution in [1.29, 1.82) is 0 Å². The van der Waals surface area contributed by atoms with Crippen molar-refractivity contribution in [3.63, 3.8) is 0 Å². The quantitative estimate of drug-likeness (QED) is 0.588. The van der Waals surface area contributed by atoms with Crippen LogP contribution in [0.2, 0.25) is 0 Å². The number of para-hydroxylation sites is 1. The number of H-pyrrole nitrogens is 2. The highest BCUT2D eigenvalue weighted by molar-refractivity contribution is 5.90. The van der Waals surface area contributed by atoms with Crippen molar-refractivity contribution in [2.75, 3.05) is 7.11 Å². The largest absolute Gasteiger partial charge is 0.496 e. The number of methoxy groups -OCH3 is 1. The zero-order valence-electron chi connectivity index (χ0n) is 14.9. The molecule has 26 heavy (non-hydrogen) atoms. The van der Waals surface area contributed by atoms with Crippen LogP contribution < -0.4 is 10.4 Å². The molecule has 0 aliphatic heterocycles. The average Bonchev–Trinajstić information content (AvgIpc) is 3.24. The predicted octanol–water partition coefficient (Wildman–Crippen LogP) is 3.84. The molecule has 0 atom stereocenters. The van der Waals surface area contributed by atoms with Crippen LogP contribution in [0.5, 0.6) is 5.75 Å². The van der Waals surface area contributed by atoms with Crippen LogP contribution in [0.15, 0.2) is 53.5 Å². The molecule has 0 aliphatic carbocycles. The maximum Gasteiger partial charge on any atom is 0.348 e. The molecule has 4 rings (SSSR count). The number of aromatic nitrogens is 4. The summed E-state index contributed by atoms with van der Waals surface area (Å²) >= 11 is 0. The fourth-order valence-corrected chi connectivity index (χ4v) is 3.29. The molecule has 0 saturated heterocycles. The Balaban J connectivity index is 2.00. The van der Waals surface area contributed by atoms with Gasteiger partial charge in [-0.05, 0) is 29.7 Å². The molecule has 2 aromatic carbocycles. The molecule has 2 heterocycles. The van der Waals surface area contributed by atoms with E-state index in [1.54, 1.807) is 11.7 Å². The Labute approximate surface area is 150 Å². The van der Waals surface area contributed by atoms with E-state index in [1.807, 2.05) is 48.7 Å². The van der Waals surface area contributed by atoms with Gasteiger partial charge in [-0.15, -0.1) is 0 Å². The van der Waals surface area contributed by atoms with Crippen molar-refractivity contribution in [2.45, 2.75) is 19.8 Å². The second-order valence-electron chi connectivity index (χ2n) is 6.52. The minimum atomic E-state index is -0.286. The highest BCUT2D eigenvalue weighted by Gasteiger charge is 2.19. The van der Waals surface area contributed by atoms with Gasteiger partial charge in [0.05, 0.1) is 18.4 Å². The lowest BCUT2D eigenvalue weighted by Gasteiger charge is -2.11. The highest BCUT2D eigenvalue weighted by Crippen LogP contribution is 2.36. The summed E-state index contributed by atoms with van der Waals surface area (Å²) in [6, 6.07) is 13.4. The molecule has 0 radical (unpaired) electrons. The topological polar surface area (TPSA) is 75.7 Å². The Morgan fingerprint density at radius 1 is 1.15 bits per heavy atom. The van der Waals surface area contributed by atoms with Gasteiger partial charge in [-0.1, -0.05) is 32.0 Å². The second-order valence-corrected chi connectivity index (χ2v) is 6.52. The fraction of sp³-hybridized carbons (Fsp3) is 0.200. The van der Waals surface area contributed by atoms with Crippen LogP contribution in [0.4, 0.5) is 0 Å². The van der Waals surface area contributed by atoms with E-state index in [4.69, 9.17) is 4.74 Å². The van der Waals surface area contributed by atoms with Crippen LogP contribution in [0.25, 0.3) is 28.0 Å². The molecular formula is C20H20N4O2. The number of benzene rings is 2. The van der Waals surface area contributed by atoms with E-state index in [0.717, 1.165) is 22.2 Å². The fourth-order valence-electron chi connectivity index (χ4n) is 3.29. The third-order valence-electron chi connectivity index (χ3n) is 4.58. The molecule has 2 N–H and O–H groups in total. The highest BCUT2D eigenvalue weighted by atomic mass is 16.5. The van der Waals surface area contributed by atoms with Crippen LogP contribution in [0.1, 0.15) is 25.3 Å². The average molecular weight is 348 g/mol. The molecule has 0 spiro atoms. The number of rotatable bonds is 4. The van der Waals surface area contributed by atoms with Crippen molar-refractivity contribution >= 4 is 10.9 Å². The number of ether oxygens (including phenoxy) is 1. The van der Waals surface area contributed by atoms with Crippen molar-refractivity contribution in [3.8, 4) is 22.8 Å². The van der Waals surface area contributed by atoms with E-state index in [9.17, 15) is 4.79 Å². The predicted molar refractivity (Wildman–Crippen MR) is 102 cm³/mol. The Kier molecular flexibility index (Phi) is 3.88. The second kappa shape index (κ2) is 6.22. The van der Waals surface area contributed by atoms with Crippen molar-refractivity contribution in [1.82, 2.24) is 19.7 Å². The number of fused-ring (bicyclic) bond motifs is 1. The summed E-state index contributed by atoms with van der Waals surface area (Å²) in [5.41, 5.74) is 3.45. The van der Waals surface area contributed by atoms with Gasteiger partial charge in [-0.25, -0.2) is 14.5 Å². The molecule has 0 bridgehead atoms.